The molecule has 0 bridgehead atoms. The first kappa shape index (κ1) is 19.6. The van der Waals surface area contributed by atoms with E-state index in [2.05, 4.69) is 5.32 Å². The Morgan fingerprint density at radius 2 is 1.90 bits per heavy atom. The van der Waals surface area contributed by atoms with E-state index in [1.54, 1.807) is 4.90 Å². The highest BCUT2D eigenvalue weighted by molar-refractivity contribution is 6.34. The smallest absolute Gasteiger partial charge is 0.248 e. The average Bonchev–Trinajstić information content (AvgIpc) is 2.71. The van der Waals surface area contributed by atoms with E-state index in [-0.39, 0.29) is 24.3 Å². The van der Waals surface area contributed by atoms with Gasteiger partial charge in [0.25, 0.3) is 0 Å². The monoisotopic (exact) mass is 412 g/mol. The predicted molar refractivity (Wildman–Crippen MR) is 108 cm³/mol. The Labute approximate surface area is 173 Å². The van der Waals surface area contributed by atoms with E-state index in [0.717, 1.165) is 22.3 Å². The standard InChI is InChI=1S/C22H21ClN2O4/c23-21-16(2-1-3-17(21)18-8-9-19(26)24-22(18)28)15-6-4-14(5-7-15)12-25-10-11-29-13-20(25)27/h1-7,18H,8-13H2,(H,24,26,28). The molecular weight excluding hydrogens is 392 g/mol. The maximum absolute atomic E-state index is 12.2. The zero-order valence-electron chi connectivity index (χ0n) is 15.8. The minimum atomic E-state index is -0.424. The third-order valence-corrected chi connectivity index (χ3v) is 5.79. The number of amides is 3. The van der Waals surface area contributed by atoms with Gasteiger partial charge < -0.3 is 9.64 Å². The molecule has 0 spiro atoms. The van der Waals surface area contributed by atoms with E-state index in [1.807, 2.05) is 42.5 Å². The third-order valence-electron chi connectivity index (χ3n) is 5.37. The van der Waals surface area contributed by atoms with Gasteiger partial charge in [0.2, 0.25) is 17.7 Å². The number of nitrogens with zero attached hydrogens (tertiary/aromatic N) is 1. The van der Waals surface area contributed by atoms with Crippen molar-refractivity contribution in [2.75, 3.05) is 19.8 Å². The number of rotatable bonds is 4. The molecule has 0 radical (unpaired) electrons. The minimum absolute atomic E-state index is 0.000289. The lowest BCUT2D eigenvalue weighted by atomic mass is 9.88. The summed E-state index contributed by atoms with van der Waals surface area (Å²) in [6.07, 6.45) is 0.770. The zero-order chi connectivity index (χ0) is 20.4. The molecule has 0 saturated carbocycles. The van der Waals surface area contributed by atoms with E-state index in [1.165, 1.54) is 0 Å². The summed E-state index contributed by atoms with van der Waals surface area (Å²) in [5, 5.41) is 2.91. The summed E-state index contributed by atoms with van der Waals surface area (Å²) in [7, 11) is 0. The fourth-order valence-corrected chi connectivity index (χ4v) is 4.13. The second-order valence-electron chi connectivity index (χ2n) is 7.28. The molecule has 29 heavy (non-hydrogen) atoms. The molecular formula is C22H21ClN2O4. The van der Waals surface area contributed by atoms with Crippen LogP contribution in [0, 0.1) is 0 Å². The second kappa shape index (κ2) is 8.35. The Kier molecular flexibility index (Phi) is 5.65. The van der Waals surface area contributed by atoms with Crippen molar-refractivity contribution in [1.82, 2.24) is 10.2 Å². The largest absolute Gasteiger partial charge is 0.370 e. The van der Waals surface area contributed by atoms with Gasteiger partial charge in [-0.05, 0) is 23.1 Å². The van der Waals surface area contributed by atoms with E-state index in [0.29, 0.717) is 37.6 Å². The predicted octanol–water partition coefficient (Wildman–Crippen LogP) is 2.89. The molecule has 4 rings (SSSR count). The summed E-state index contributed by atoms with van der Waals surface area (Å²) in [6.45, 7) is 1.85. The molecule has 2 heterocycles. The number of imide groups is 1. The van der Waals surface area contributed by atoms with Gasteiger partial charge >= 0.3 is 0 Å². The van der Waals surface area contributed by atoms with Crippen LogP contribution in [0.15, 0.2) is 42.5 Å². The summed E-state index contributed by atoms with van der Waals surface area (Å²) < 4.78 is 5.16. The molecule has 2 aromatic carbocycles. The van der Waals surface area contributed by atoms with Gasteiger partial charge in [0, 0.05) is 25.1 Å². The lowest BCUT2D eigenvalue weighted by Crippen LogP contribution is -2.40. The lowest BCUT2D eigenvalue weighted by molar-refractivity contribution is -0.143. The number of ether oxygens (including phenoxy) is 1. The van der Waals surface area contributed by atoms with Gasteiger partial charge in [0.05, 0.1) is 17.5 Å². The summed E-state index contributed by atoms with van der Waals surface area (Å²) in [5.74, 6) is -0.967. The first-order valence-corrected chi connectivity index (χ1v) is 9.97. The van der Waals surface area contributed by atoms with Crippen LogP contribution in [0.3, 0.4) is 0 Å². The third kappa shape index (κ3) is 4.18. The number of hydrogen-bond donors (Lipinski definition) is 1. The van der Waals surface area contributed by atoms with Crippen LogP contribution in [0.2, 0.25) is 5.02 Å². The second-order valence-corrected chi connectivity index (χ2v) is 7.66. The normalized spacial score (nSPS) is 20.0. The van der Waals surface area contributed by atoms with Crippen molar-refractivity contribution in [1.29, 1.82) is 0 Å². The molecule has 6 nitrogen and oxygen atoms in total. The first-order valence-electron chi connectivity index (χ1n) is 9.60. The van der Waals surface area contributed by atoms with Gasteiger partial charge in [0.1, 0.15) is 6.61 Å². The van der Waals surface area contributed by atoms with Crippen LogP contribution in [0.25, 0.3) is 11.1 Å². The Balaban J connectivity index is 1.55. The van der Waals surface area contributed by atoms with Gasteiger partial charge in [-0.25, -0.2) is 0 Å². The first-order chi connectivity index (χ1) is 14.0. The van der Waals surface area contributed by atoms with Crippen molar-refractivity contribution in [3.05, 3.63) is 58.6 Å². The Hall–Kier alpha value is -2.70. The molecule has 1 atom stereocenters. The summed E-state index contributed by atoms with van der Waals surface area (Å²) in [5.41, 5.74) is 3.53. The van der Waals surface area contributed by atoms with Crippen LogP contribution in [-0.2, 0) is 25.7 Å². The highest BCUT2D eigenvalue weighted by atomic mass is 35.5. The van der Waals surface area contributed by atoms with Crippen molar-refractivity contribution >= 4 is 29.3 Å². The lowest BCUT2D eigenvalue weighted by Gasteiger charge is -2.26. The number of hydrogen-bond acceptors (Lipinski definition) is 4. The molecule has 2 fully saturated rings. The number of nitrogens with one attached hydrogen (secondary N) is 1. The molecule has 1 N–H and O–H groups in total. The van der Waals surface area contributed by atoms with Crippen LogP contribution in [0.5, 0.6) is 0 Å². The van der Waals surface area contributed by atoms with Crippen molar-refractivity contribution in [3.8, 4) is 11.1 Å². The van der Waals surface area contributed by atoms with Gasteiger partial charge in [-0.3, -0.25) is 19.7 Å². The number of carbonyl (C=O) groups is 3. The van der Waals surface area contributed by atoms with Crippen molar-refractivity contribution in [2.24, 2.45) is 0 Å². The van der Waals surface area contributed by atoms with Crippen molar-refractivity contribution < 1.29 is 19.1 Å². The van der Waals surface area contributed by atoms with Crippen molar-refractivity contribution in [2.45, 2.75) is 25.3 Å². The summed E-state index contributed by atoms with van der Waals surface area (Å²) in [6, 6.07) is 13.5. The minimum Gasteiger partial charge on any atom is -0.370 e. The highest BCUT2D eigenvalue weighted by Crippen LogP contribution is 2.37. The molecule has 3 amide bonds. The molecule has 2 aromatic rings. The quantitative estimate of drug-likeness (QED) is 0.783. The summed E-state index contributed by atoms with van der Waals surface area (Å²) >= 11 is 6.66. The van der Waals surface area contributed by atoms with Crippen LogP contribution >= 0.6 is 11.6 Å². The average molecular weight is 413 g/mol. The van der Waals surface area contributed by atoms with Gasteiger partial charge in [0.15, 0.2) is 0 Å². The molecule has 2 aliphatic rings. The van der Waals surface area contributed by atoms with Crippen LogP contribution < -0.4 is 5.32 Å². The maximum atomic E-state index is 12.2. The van der Waals surface area contributed by atoms with E-state index in [9.17, 15) is 14.4 Å². The summed E-state index contributed by atoms with van der Waals surface area (Å²) in [4.78, 5) is 37.3. The zero-order valence-corrected chi connectivity index (χ0v) is 16.6. The number of halogens is 1. The molecule has 1 unspecified atom stereocenters. The molecule has 2 aliphatic heterocycles. The number of carbonyl (C=O) groups excluding carboxylic acids is 3. The molecule has 2 saturated heterocycles. The highest BCUT2D eigenvalue weighted by Gasteiger charge is 2.30. The van der Waals surface area contributed by atoms with Gasteiger partial charge in [-0.15, -0.1) is 0 Å². The SMILES string of the molecule is O=C1CCC(c2cccc(-c3ccc(CN4CCOCC4=O)cc3)c2Cl)C(=O)N1. The molecule has 7 heteroatoms. The van der Waals surface area contributed by atoms with Crippen LogP contribution in [0.1, 0.15) is 29.9 Å². The van der Waals surface area contributed by atoms with Gasteiger partial charge in [-0.1, -0.05) is 54.1 Å². The van der Waals surface area contributed by atoms with E-state index >= 15 is 0 Å². The van der Waals surface area contributed by atoms with Crippen LogP contribution in [0.4, 0.5) is 0 Å². The molecule has 150 valence electrons. The molecule has 0 aromatic heterocycles. The number of piperidine rings is 1. The molecule has 0 aliphatic carbocycles. The van der Waals surface area contributed by atoms with Crippen molar-refractivity contribution in [3.63, 3.8) is 0 Å². The fourth-order valence-electron chi connectivity index (χ4n) is 3.76. The number of morpholine rings is 1. The Morgan fingerprint density at radius 1 is 1.10 bits per heavy atom. The number of benzene rings is 2. The topological polar surface area (TPSA) is 75.7 Å². The maximum Gasteiger partial charge on any atom is 0.248 e. The van der Waals surface area contributed by atoms with E-state index < -0.39 is 5.92 Å². The Bertz CT molecular complexity index is 958. The van der Waals surface area contributed by atoms with Gasteiger partial charge in [-0.2, -0.15) is 0 Å². The fraction of sp³-hybridized carbons (Fsp3) is 0.318. The van der Waals surface area contributed by atoms with E-state index in [4.69, 9.17) is 16.3 Å². The Morgan fingerprint density at radius 3 is 2.62 bits per heavy atom. The van der Waals surface area contributed by atoms with Crippen LogP contribution in [-0.4, -0.2) is 42.4 Å².